The number of aromatic hydroxyl groups is 2. The summed E-state index contributed by atoms with van der Waals surface area (Å²) >= 11 is 0. The molecular weight excluding hydrogens is 197 g/mol. The second kappa shape index (κ2) is 3.18. The van der Waals surface area contributed by atoms with E-state index in [0.717, 1.165) is 18.4 Å². The van der Waals surface area contributed by atoms with E-state index in [-0.39, 0.29) is 11.5 Å². The van der Waals surface area contributed by atoms with Crippen LogP contribution in [0.5, 0.6) is 11.5 Å². The summed E-state index contributed by atoms with van der Waals surface area (Å²) in [5.41, 5.74) is 7.43. The Balaban J connectivity index is 2.64. The van der Waals surface area contributed by atoms with Crippen LogP contribution in [-0.2, 0) is 0 Å². The van der Waals surface area contributed by atoms with Gasteiger partial charge in [-0.1, -0.05) is 6.08 Å². The molecule has 0 amide bonds. The Morgan fingerprint density at radius 3 is 2.50 bits per heavy atom. The predicted octanol–water partition coefficient (Wildman–Crippen LogP) is 1.36. The molecule has 0 radical (unpaired) electrons. The highest BCUT2D eigenvalue weighted by atomic mass is 31.0. The molecule has 1 aliphatic carbocycles. The largest absolute Gasteiger partial charge is 0.507 e. The van der Waals surface area contributed by atoms with Crippen molar-refractivity contribution in [2.75, 3.05) is 5.73 Å². The van der Waals surface area contributed by atoms with Gasteiger partial charge >= 0.3 is 0 Å². The van der Waals surface area contributed by atoms with Crippen LogP contribution in [-0.4, -0.2) is 10.2 Å². The Morgan fingerprint density at radius 2 is 2.00 bits per heavy atom. The van der Waals surface area contributed by atoms with Gasteiger partial charge in [0.15, 0.2) is 0 Å². The Labute approximate surface area is 84.5 Å². The molecule has 0 spiro atoms. The molecule has 3 nitrogen and oxygen atoms in total. The molecule has 0 aromatic heterocycles. The van der Waals surface area contributed by atoms with Crippen molar-refractivity contribution in [2.24, 2.45) is 0 Å². The third-order valence-corrected chi connectivity index (χ3v) is 2.95. The van der Waals surface area contributed by atoms with Gasteiger partial charge in [-0.15, -0.1) is 9.24 Å². The molecule has 14 heavy (non-hydrogen) atoms. The zero-order valence-electron chi connectivity index (χ0n) is 7.62. The zero-order valence-corrected chi connectivity index (χ0v) is 8.77. The summed E-state index contributed by atoms with van der Waals surface area (Å²) in [6, 6.07) is 1.55. The van der Waals surface area contributed by atoms with E-state index in [9.17, 15) is 10.2 Å². The summed E-state index contributed by atoms with van der Waals surface area (Å²) in [5, 5.41) is 20.0. The number of phenolic OH excluding ortho intramolecular Hbond substituents is 2. The first-order valence-electron chi connectivity index (χ1n) is 4.40. The van der Waals surface area contributed by atoms with Gasteiger partial charge in [0.1, 0.15) is 11.5 Å². The lowest BCUT2D eigenvalue weighted by molar-refractivity contribution is 0.449. The van der Waals surface area contributed by atoms with E-state index < -0.39 is 0 Å². The number of allylic oxidation sites excluding steroid dienone is 2. The molecule has 0 saturated carbocycles. The second-order valence-corrected chi connectivity index (χ2v) is 4.01. The summed E-state index contributed by atoms with van der Waals surface area (Å²) in [5.74, 6) is 0.0774. The van der Waals surface area contributed by atoms with E-state index in [2.05, 4.69) is 9.24 Å². The fourth-order valence-electron chi connectivity index (χ4n) is 1.52. The van der Waals surface area contributed by atoms with Crippen molar-refractivity contribution in [1.29, 1.82) is 0 Å². The van der Waals surface area contributed by atoms with E-state index >= 15 is 0 Å². The second-order valence-electron chi connectivity index (χ2n) is 3.39. The SMILES string of the molecule is Nc1c(P)cc(O)c(C2=CCC2)c1O. The average molecular weight is 209 g/mol. The number of nitrogens with two attached hydrogens (primary N) is 1. The lowest BCUT2D eigenvalue weighted by atomic mass is 9.90. The summed E-state index contributed by atoms with van der Waals surface area (Å²) in [7, 11) is 2.38. The van der Waals surface area contributed by atoms with Gasteiger partial charge in [0.2, 0.25) is 0 Å². The Hall–Kier alpha value is -1.21. The monoisotopic (exact) mass is 209 g/mol. The summed E-state index contributed by atoms with van der Waals surface area (Å²) < 4.78 is 0. The van der Waals surface area contributed by atoms with Crippen LogP contribution in [0, 0.1) is 0 Å². The Bertz CT molecular complexity index is 427. The maximum Gasteiger partial charge on any atom is 0.150 e. The normalized spacial score (nSPS) is 14.8. The van der Waals surface area contributed by atoms with E-state index in [1.807, 2.05) is 6.08 Å². The van der Waals surface area contributed by atoms with Gasteiger partial charge < -0.3 is 15.9 Å². The minimum Gasteiger partial charge on any atom is -0.507 e. The van der Waals surface area contributed by atoms with Gasteiger partial charge in [-0.2, -0.15) is 0 Å². The summed E-state index contributed by atoms with van der Waals surface area (Å²) in [4.78, 5) is 0. The molecule has 1 unspecified atom stereocenters. The topological polar surface area (TPSA) is 66.5 Å². The minimum absolute atomic E-state index is 0.0130. The third kappa shape index (κ3) is 1.25. The summed E-state index contributed by atoms with van der Waals surface area (Å²) in [6.07, 6.45) is 3.87. The van der Waals surface area contributed by atoms with E-state index in [1.54, 1.807) is 6.07 Å². The highest BCUT2D eigenvalue weighted by molar-refractivity contribution is 7.28. The molecule has 0 bridgehead atoms. The number of nitrogen functional groups attached to an aromatic ring is 1. The lowest BCUT2D eigenvalue weighted by Gasteiger charge is -2.18. The van der Waals surface area contributed by atoms with Crippen LogP contribution >= 0.6 is 9.24 Å². The number of benzene rings is 1. The molecule has 0 fully saturated rings. The van der Waals surface area contributed by atoms with E-state index in [0.29, 0.717) is 16.6 Å². The van der Waals surface area contributed by atoms with E-state index in [1.165, 1.54) is 0 Å². The van der Waals surface area contributed by atoms with Crippen molar-refractivity contribution in [3.8, 4) is 11.5 Å². The summed E-state index contributed by atoms with van der Waals surface area (Å²) in [6.45, 7) is 0. The van der Waals surface area contributed by atoms with Crippen molar-refractivity contribution in [3.05, 3.63) is 17.7 Å². The van der Waals surface area contributed by atoms with Crippen LogP contribution < -0.4 is 11.0 Å². The first-order chi connectivity index (χ1) is 6.61. The highest BCUT2D eigenvalue weighted by Crippen LogP contribution is 2.42. The van der Waals surface area contributed by atoms with Gasteiger partial charge in [-0.25, -0.2) is 0 Å². The maximum absolute atomic E-state index is 9.76. The molecule has 0 heterocycles. The number of rotatable bonds is 1. The fourth-order valence-corrected chi connectivity index (χ4v) is 1.82. The number of anilines is 1. The lowest BCUT2D eigenvalue weighted by Crippen LogP contribution is -2.05. The number of phenols is 2. The van der Waals surface area contributed by atoms with Crippen LogP contribution in [0.25, 0.3) is 5.57 Å². The Morgan fingerprint density at radius 1 is 1.36 bits per heavy atom. The first kappa shape index (κ1) is 9.35. The van der Waals surface area contributed by atoms with Gasteiger partial charge in [0.05, 0.1) is 11.3 Å². The van der Waals surface area contributed by atoms with Gasteiger partial charge in [0.25, 0.3) is 0 Å². The molecule has 0 saturated heterocycles. The molecule has 1 aromatic rings. The van der Waals surface area contributed by atoms with Crippen LogP contribution in [0.3, 0.4) is 0 Å². The number of hydrogen-bond donors (Lipinski definition) is 3. The van der Waals surface area contributed by atoms with Crippen LogP contribution in [0.4, 0.5) is 5.69 Å². The third-order valence-electron chi connectivity index (χ3n) is 2.48. The van der Waals surface area contributed by atoms with Crippen LogP contribution in [0.1, 0.15) is 18.4 Å². The van der Waals surface area contributed by atoms with Crippen molar-refractivity contribution in [3.63, 3.8) is 0 Å². The molecule has 4 N–H and O–H groups in total. The van der Waals surface area contributed by atoms with Crippen LogP contribution in [0.15, 0.2) is 12.1 Å². The molecule has 0 aliphatic heterocycles. The molecule has 4 heteroatoms. The van der Waals surface area contributed by atoms with Gasteiger partial charge in [0, 0.05) is 5.30 Å². The molecular formula is C10H12NO2P. The first-order valence-corrected chi connectivity index (χ1v) is 4.98. The standard InChI is InChI=1S/C10H12NO2P/c11-9-7(14)4-6(12)8(10(9)13)5-2-1-3-5/h2,4,12-13H,1,3,11,14H2. The van der Waals surface area contributed by atoms with Crippen molar-refractivity contribution in [1.82, 2.24) is 0 Å². The van der Waals surface area contributed by atoms with Crippen molar-refractivity contribution < 1.29 is 10.2 Å². The van der Waals surface area contributed by atoms with Crippen molar-refractivity contribution in [2.45, 2.75) is 12.8 Å². The molecule has 2 rings (SSSR count). The van der Waals surface area contributed by atoms with Gasteiger partial charge in [-0.3, -0.25) is 0 Å². The molecule has 1 aromatic carbocycles. The van der Waals surface area contributed by atoms with Gasteiger partial charge in [-0.05, 0) is 24.5 Å². The highest BCUT2D eigenvalue weighted by Gasteiger charge is 2.19. The molecule has 1 atom stereocenters. The maximum atomic E-state index is 9.76. The Kier molecular flexibility index (Phi) is 2.12. The number of hydrogen-bond acceptors (Lipinski definition) is 3. The zero-order chi connectivity index (χ0) is 10.3. The van der Waals surface area contributed by atoms with Crippen molar-refractivity contribution >= 4 is 25.8 Å². The fraction of sp³-hybridized carbons (Fsp3) is 0.200. The molecule has 1 aliphatic rings. The quantitative estimate of drug-likeness (QED) is 0.283. The smallest absolute Gasteiger partial charge is 0.150 e. The predicted molar refractivity (Wildman–Crippen MR) is 60.7 cm³/mol. The van der Waals surface area contributed by atoms with E-state index in [4.69, 9.17) is 5.73 Å². The minimum atomic E-state index is -0.0130. The molecule has 74 valence electrons. The average Bonchev–Trinajstić information content (AvgIpc) is 2.05. The van der Waals surface area contributed by atoms with Crippen LogP contribution in [0.2, 0.25) is 0 Å².